The third-order valence-electron chi connectivity index (χ3n) is 3.84. The van der Waals surface area contributed by atoms with Gasteiger partial charge in [-0.1, -0.05) is 30.3 Å². The number of carbonyl (C=O) groups excluding carboxylic acids is 2. The van der Waals surface area contributed by atoms with E-state index in [0.29, 0.717) is 18.4 Å². The maximum absolute atomic E-state index is 12.0. The van der Waals surface area contributed by atoms with E-state index in [0.717, 1.165) is 27.2 Å². The van der Waals surface area contributed by atoms with Crippen LogP contribution in [0, 0.1) is 6.92 Å². The van der Waals surface area contributed by atoms with Crippen LogP contribution in [0.15, 0.2) is 48.5 Å². The summed E-state index contributed by atoms with van der Waals surface area (Å²) in [5.41, 5.74) is 7.34. The molecule has 0 aliphatic heterocycles. The van der Waals surface area contributed by atoms with Crippen molar-refractivity contribution in [1.82, 2.24) is 15.8 Å². The molecule has 0 aliphatic rings. The summed E-state index contributed by atoms with van der Waals surface area (Å²) >= 11 is 1.65. The van der Waals surface area contributed by atoms with E-state index in [1.54, 1.807) is 23.5 Å². The van der Waals surface area contributed by atoms with Gasteiger partial charge in [0, 0.05) is 12.0 Å². The van der Waals surface area contributed by atoms with Crippen LogP contribution in [0.3, 0.4) is 0 Å². The summed E-state index contributed by atoms with van der Waals surface area (Å²) in [6.45, 7) is 1.86. The Bertz CT molecular complexity index is 871. The third kappa shape index (κ3) is 4.42. The zero-order valence-corrected chi connectivity index (χ0v) is 14.7. The van der Waals surface area contributed by atoms with E-state index in [1.807, 2.05) is 43.3 Å². The highest BCUT2D eigenvalue weighted by Gasteiger charge is 2.10. The molecule has 2 amide bonds. The summed E-state index contributed by atoms with van der Waals surface area (Å²) in [6.07, 6.45) is 1.77. The van der Waals surface area contributed by atoms with Crippen LogP contribution in [-0.2, 0) is 11.2 Å². The molecule has 25 heavy (non-hydrogen) atoms. The highest BCUT2D eigenvalue weighted by Crippen LogP contribution is 2.22. The van der Waals surface area contributed by atoms with Crippen molar-refractivity contribution in [2.75, 3.05) is 0 Å². The number of amides is 2. The van der Waals surface area contributed by atoms with Gasteiger partial charge in [-0.3, -0.25) is 20.4 Å². The zero-order valence-electron chi connectivity index (χ0n) is 13.9. The van der Waals surface area contributed by atoms with Crippen LogP contribution < -0.4 is 10.9 Å². The number of hydrogen-bond donors (Lipinski definition) is 2. The molecule has 0 fully saturated rings. The van der Waals surface area contributed by atoms with Crippen LogP contribution in [0.2, 0.25) is 0 Å². The van der Waals surface area contributed by atoms with Gasteiger partial charge in [0.25, 0.3) is 5.91 Å². The molecular formula is C19H19N3O2S. The first-order valence-electron chi connectivity index (χ1n) is 8.13. The Morgan fingerprint density at radius 3 is 2.60 bits per heavy atom. The number of nitrogens with one attached hydrogen (secondary N) is 2. The number of aromatic nitrogens is 1. The molecule has 0 saturated heterocycles. The van der Waals surface area contributed by atoms with Gasteiger partial charge in [-0.25, -0.2) is 4.98 Å². The van der Waals surface area contributed by atoms with Crippen molar-refractivity contribution in [3.8, 4) is 0 Å². The van der Waals surface area contributed by atoms with Crippen LogP contribution in [0.5, 0.6) is 0 Å². The smallest absolute Gasteiger partial charge is 0.269 e. The number of fused-ring (bicyclic) bond motifs is 1. The average Bonchev–Trinajstić information content (AvgIpc) is 3.03. The Balaban J connectivity index is 1.43. The first-order chi connectivity index (χ1) is 12.1. The molecule has 1 aromatic heterocycles. The van der Waals surface area contributed by atoms with Crippen molar-refractivity contribution in [2.45, 2.75) is 26.2 Å². The molecule has 0 spiro atoms. The predicted molar refractivity (Wildman–Crippen MR) is 99.3 cm³/mol. The Hall–Kier alpha value is -2.73. The Morgan fingerprint density at radius 2 is 1.80 bits per heavy atom. The van der Waals surface area contributed by atoms with Gasteiger partial charge in [-0.15, -0.1) is 11.3 Å². The van der Waals surface area contributed by atoms with Crippen molar-refractivity contribution < 1.29 is 9.59 Å². The standard InChI is InChI=1S/C19H19N3O2S/c1-13-7-2-3-8-14(13)19(24)22-21-17(23)11-6-12-18-20-15-9-4-5-10-16(15)25-18/h2-5,7-10H,6,11-12H2,1H3,(H,21,23)(H,22,24). The Labute approximate surface area is 150 Å². The van der Waals surface area contributed by atoms with Gasteiger partial charge in [0.05, 0.1) is 15.2 Å². The fraction of sp³-hybridized carbons (Fsp3) is 0.211. The van der Waals surface area contributed by atoms with E-state index in [-0.39, 0.29) is 11.8 Å². The molecule has 2 aromatic carbocycles. The Kier molecular flexibility index (Phi) is 5.40. The number of hydrazine groups is 1. The third-order valence-corrected chi connectivity index (χ3v) is 4.93. The quantitative estimate of drug-likeness (QED) is 0.691. The second-order valence-electron chi connectivity index (χ2n) is 5.75. The molecule has 0 bridgehead atoms. The largest absolute Gasteiger partial charge is 0.273 e. The summed E-state index contributed by atoms with van der Waals surface area (Å²) in [7, 11) is 0. The number of para-hydroxylation sites is 1. The summed E-state index contributed by atoms with van der Waals surface area (Å²) in [5, 5.41) is 1.03. The van der Waals surface area contributed by atoms with Gasteiger partial charge >= 0.3 is 0 Å². The molecule has 0 saturated carbocycles. The molecule has 0 unspecified atom stereocenters. The second-order valence-corrected chi connectivity index (χ2v) is 6.86. The second kappa shape index (κ2) is 7.90. The summed E-state index contributed by atoms with van der Waals surface area (Å²) in [5.74, 6) is -0.513. The summed E-state index contributed by atoms with van der Waals surface area (Å²) in [6, 6.07) is 15.2. The molecule has 1 heterocycles. The topological polar surface area (TPSA) is 71.1 Å². The van der Waals surface area contributed by atoms with Crippen LogP contribution in [0.4, 0.5) is 0 Å². The van der Waals surface area contributed by atoms with E-state index < -0.39 is 0 Å². The van der Waals surface area contributed by atoms with E-state index in [1.165, 1.54) is 0 Å². The van der Waals surface area contributed by atoms with Crippen LogP contribution in [0.25, 0.3) is 10.2 Å². The van der Waals surface area contributed by atoms with Gasteiger partial charge in [0.1, 0.15) is 0 Å². The summed E-state index contributed by atoms with van der Waals surface area (Å²) in [4.78, 5) is 28.5. The number of nitrogens with zero attached hydrogens (tertiary/aromatic N) is 1. The highest BCUT2D eigenvalue weighted by atomic mass is 32.1. The lowest BCUT2D eigenvalue weighted by Gasteiger charge is -2.08. The van der Waals surface area contributed by atoms with Crippen molar-refractivity contribution >= 4 is 33.4 Å². The lowest BCUT2D eigenvalue weighted by molar-refractivity contribution is -0.121. The predicted octanol–water partition coefficient (Wildman–Crippen LogP) is 3.39. The van der Waals surface area contributed by atoms with Gasteiger partial charge in [0.2, 0.25) is 5.91 Å². The SMILES string of the molecule is Cc1ccccc1C(=O)NNC(=O)CCCc1nc2ccccc2s1. The average molecular weight is 353 g/mol. The number of aryl methyl sites for hydroxylation is 2. The minimum Gasteiger partial charge on any atom is -0.273 e. The first-order valence-corrected chi connectivity index (χ1v) is 8.94. The molecule has 3 rings (SSSR count). The molecule has 0 radical (unpaired) electrons. The molecule has 0 aliphatic carbocycles. The number of hydrogen-bond acceptors (Lipinski definition) is 4. The molecule has 128 valence electrons. The van der Waals surface area contributed by atoms with E-state index in [9.17, 15) is 9.59 Å². The molecule has 6 heteroatoms. The van der Waals surface area contributed by atoms with Gasteiger partial charge in [0.15, 0.2) is 0 Å². The lowest BCUT2D eigenvalue weighted by Crippen LogP contribution is -2.41. The number of rotatable bonds is 5. The number of carbonyl (C=O) groups is 2. The van der Waals surface area contributed by atoms with Crippen molar-refractivity contribution in [3.05, 3.63) is 64.7 Å². The fourth-order valence-electron chi connectivity index (χ4n) is 2.51. The van der Waals surface area contributed by atoms with E-state index in [2.05, 4.69) is 15.8 Å². The lowest BCUT2D eigenvalue weighted by atomic mass is 10.1. The van der Waals surface area contributed by atoms with Gasteiger partial charge < -0.3 is 0 Å². The van der Waals surface area contributed by atoms with Crippen molar-refractivity contribution in [2.24, 2.45) is 0 Å². The van der Waals surface area contributed by atoms with Crippen molar-refractivity contribution in [3.63, 3.8) is 0 Å². The zero-order chi connectivity index (χ0) is 17.6. The molecule has 5 nitrogen and oxygen atoms in total. The van der Waals surface area contributed by atoms with Gasteiger partial charge in [-0.05, 0) is 43.5 Å². The fourth-order valence-corrected chi connectivity index (χ4v) is 3.52. The normalized spacial score (nSPS) is 10.6. The monoisotopic (exact) mass is 353 g/mol. The Morgan fingerprint density at radius 1 is 1.04 bits per heavy atom. The number of thiazole rings is 1. The maximum atomic E-state index is 12.0. The molecule has 0 atom stereocenters. The molecule has 2 N–H and O–H groups in total. The van der Waals surface area contributed by atoms with Crippen LogP contribution in [0.1, 0.15) is 33.8 Å². The summed E-state index contributed by atoms with van der Waals surface area (Å²) < 4.78 is 1.16. The van der Waals surface area contributed by atoms with E-state index >= 15 is 0 Å². The minimum atomic E-state index is -0.308. The number of benzene rings is 2. The highest BCUT2D eigenvalue weighted by molar-refractivity contribution is 7.18. The van der Waals surface area contributed by atoms with Crippen LogP contribution >= 0.6 is 11.3 Å². The van der Waals surface area contributed by atoms with Crippen LogP contribution in [-0.4, -0.2) is 16.8 Å². The molecule has 3 aromatic rings. The molecular weight excluding hydrogens is 334 g/mol. The van der Waals surface area contributed by atoms with Gasteiger partial charge in [-0.2, -0.15) is 0 Å². The van der Waals surface area contributed by atoms with E-state index in [4.69, 9.17) is 0 Å². The first kappa shape index (κ1) is 17.1. The van der Waals surface area contributed by atoms with Crippen molar-refractivity contribution in [1.29, 1.82) is 0 Å². The minimum absolute atomic E-state index is 0.206. The maximum Gasteiger partial charge on any atom is 0.269 e.